The first-order valence-corrected chi connectivity index (χ1v) is 13.2. The molecule has 0 atom stereocenters. The van der Waals surface area contributed by atoms with Crippen molar-refractivity contribution >= 4 is 54.5 Å². The van der Waals surface area contributed by atoms with Crippen LogP contribution < -0.4 is 10.6 Å². The van der Waals surface area contributed by atoms with Crippen molar-refractivity contribution in [2.75, 3.05) is 10.6 Å². The second-order valence-electron chi connectivity index (χ2n) is 6.75. The summed E-state index contributed by atoms with van der Waals surface area (Å²) in [5, 5.41) is 8.95. The molecule has 33 heavy (non-hydrogen) atoms. The van der Waals surface area contributed by atoms with E-state index in [0.29, 0.717) is 10.0 Å². The molecular formula is C19H17Cl2N5O5S2. The molecule has 0 unspecified atom stereocenters. The number of halogens is 2. The summed E-state index contributed by atoms with van der Waals surface area (Å²) in [7, 11) is -7.88. The summed E-state index contributed by atoms with van der Waals surface area (Å²) in [5.74, 6) is 3.55. The van der Waals surface area contributed by atoms with Gasteiger partial charge in [0.25, 0.3) is 0 Å². The fraction of sp³-hybridized carbons (Fsp3) is 0.105. The number of hydrogen-bond donors (Lipinski definition) is 2. The molecular weight excluding hydrogens is 513 g/mol. The number of nitrogen functional groups attached to an aromatic ring is 1. The molecule has 0 aliphatic rings. The maximum Gasteiger partial charge on any atom is 0.240 e. The monoisotopic (exact) mass is 529 g/mol. The van der Waals surface area contributed by atoms with Gasteiger partial charge in [-0.3, -0.25) is 9.52 Å². The highest BCUT2D eigenvalue weighted by Gasteiger charge is 2.21. The second-order valence-corrected chi connectivity index (χ2v) is 11.2. The molecule has 0 spiro atoms. The van der Waals surface area contributed by atoms with E-state index >= 15 is 0 Å². The lowest BCUT2D eigenvalue weighted by Gasteiger charge is -2.08. The van der Waals surface area contributed by atoms with Crippen molar-refractivity contribution < 1.29 is 21.6 Å². The minimum atomic E-state index is -3.96. The number of sulfone groups is 1. The zero-order valence-electron chi connectivity index (χ0n) is 16.7. The topological polar surface area (TPSA) is 154 Å². The number of sulfonamides is 1. The SMILES string of the molecule is Nn1c(CS(=O)(=O)/C=C/C(=O)c2ccc(Cl)cc2)nnc1CS(=O)(=O)Nc1ccc(Cl)cc1. The molecule has 0 saturated heterocycles. The van der Waals surface area contributed by atoms with Crippen molar-refractivity contribution in [3.05, 3.63) is 87.3 Å². The number of anilines is 1. The minimum absolute atomic E-state index is 0.178. The van der Waals surface area contributed by atoms with E-state index in [0.717, 1.165) is 16.2 Å². The first-order valence-electron chi connectivity index (χ1n) is 9.09. The van der Waals surface area contributed by atoms with Gasteiger partial charge in [0.2, 0.25) is 10.0 Å². The maximum atomic E-state index is 12.4. The van der Waals surface area contributed by atoms with Crippen molar-refractivity contribution in [2.24, 2.45) is 0 Å². The van der Waals surface area contributed by atoms with Gasteiger partial charge in [-0.2, -0.15) is 0 Å². The number of carbonyl (C=O) groups excluding carboxylic acids is 1. The first-order chi connectivity index (χ1) is 15.4. The Kier molecular flexibility index (Phi) is 7.42. The highest BCUT2D eigenvalue weighted by Crippen LogP contribution is 2.16. The quantitative estimate of drug-likeness (QED) is 0.243. The van der Waals surface area contributed by atoms with Gasteiger partial charge in [-0.25, -0.2) is 21.5 Å². The number of hydrogen-bond acceptors (Lipinski definition) is 8. The van der Waals surface area contributed by atoms with E-state index in [-0.39, 0.29) is 22.9 Å². The van der Waals surface area contributed by atoms with Crippen LogP contribution in [0.2, 0.25) is 10.0 Å². The van der Waals surface area contributed by atoms with Crippen LogP contribution in [0.25, 0.3) is 0 Å². The molecule has 0 saturated carbocycles. The number of allylic oxidation sites excluding steroid dienone is 1. The van der Waals surface area contributed by atoms with Crippen LogP contribution in [-0.4, -0.2) is 37.5 Å². The molecule has 0 radical (unpaired) electrons. The number of aromatic nitrogens is 3. The average Bonchev–Trinajstić information content (AvgIpc) is 3.06. The van der Waals surface area contributed by atoms with Gasteiger partial charge in [0.05, 0.1) is 0 Å². The predicted octanol–water partition coefficient (Wildman–Crippen LogP) is 2.55. The van der Waals surface area contributed by atoms with Crippen molar-refractivity contribution in [1.82, 2.24) is 14.9 Å². The maximum absolute atomic E-state index is 12.4. The summed E-state index contributed by atoms with van der Waals surface area (Å²) < 4.78 is 52.6. The normalized spacial score (nSPS) is 12.2. The lowest BCUT2D eigenvalue weighted by atomic mass is 10.1. The van der Waals surface area contributed by atoms with Crippen LogP contribution in [0, 0.1) is 0 Å². The van der Waals surface area contributed by atoms with Gasteiger partial charge in [-0.1, -0.05) is 23.2 Å². The first kappa shape index (κ1) is 24.7. The van der Waals surface area contributed by atoms with E-state index in [9.17, 15) is 21.6 Å². The molecule has 2 aromatic carbocycles. The summed E-state index contributed by atoms with van der Waals surface area (Å²) in [6, 6.07) is 11.9. The van der Waals surface area contributed by atoms with Gasteiger partial charge in [0, 0.05) is 26.7 Å². The highest BCUT2D eigenvalue weighted by atomic mass is 35.5. The third-order valence-corrected chi connectivity index (χ3v) is 7.06. The molecule has 1 heterocycles. The molecule has 0 amide bonds. The number of carbonyl (C=O) groups is 1. The number of nitrogens with one attached hydrogen (secondary N) is 1. The van der Waals surface area contributed by atoms with E-state index < -0.39 is 37.1 Å². The Bertz CT molecular complexity index is 1400. The number of benzene rings is 2. The van der Waals surface area contributed by atoms with Crippen LogP contribution in [0.3, 0.4) is 0 Å². The third kappa shape index (κ3) is 7.02. The largest absolute Gasteiger partial charge is 0.336 e. The van der Waals surface area contributed by atoms with Crippen LogP contribution in [0.15, 0.2) is 60.0 Å². The molecule has 1 aromatic heterocycles. The molecule has 0 aliphatic heterocycles. The van der Waals surface area contributed by atoms with Crippen LogP contribution in [0.5, 0.6) is 0 Å². The number of nitrogens with zero attached hydrogens (tertiary/aromatic N) is 3. The van der Waals surface area contributed by atoms with Crippen molar-refractivity contribution in [3.63, 3.8) is 0 Å². The zero-order chi connectivity index (χ0) is 24.2. The Balaban J connectivity index is 1.68. The Morgan fingerprint density at radius 2 is 1.42 bits per heavy atom. The van der Waals surface area contributed by atoms with Gasteiger partial charge in [0.15, 0.2) is 27.3 Å². The van der Waals surface area contributed by atoms with Crippen LogP contribution in [-0.2, 0) is 31.4 Å². The van der Waals surface area contributed by atoms with Gasteiger partial charge in [0.1, 0.15) is 11.5 Å². The van der Waals surface area contributed by atoms with E-state index in [1.54, 1.807) is 0 Å². The van der Waals surface area contributed by atoms with Gasteiger partial charge < -0.3 is 5.84 Å². The molecule has 0 bridgehead atoms. The third-order valence-electron chi connectivity index (χ3n) is 4.16. The highest BCUT2D eigenvalue weighted by molar-refractivity contribution is 7.93. The Labute approximate surface area is 200 Å². The zero-order valence-corrected chi connectivity index (χ0v) is 19.9. The Morgan fingerprint density at radius 3 is 2.00 bits per heavy atom. The number of ketones is 1. The summed E-state index contributed by atoms with van der Waals surface area (Å²) in [6.07, 6.45) is 0.900. The molecule has 0 aliphatic carbocycles. The Hall–Kier alpha value is -2.93. The molecule has 0 fully saturated rings. The van der Waals surface area contributed by atoms with Crippen LogP contribution >= 0.6 is 23.2 Å². The van der Waals surface area contributed by atoms with E-state index in [4.69, 9.17) is 29.0 Å². The van der Waals surface area contributed by atoms with Gasteiger partial charge in [-0.05, 0) is 54.6 Å². The fourth-order valence-electron chi connectivity index (χ4n) is 2.57. The standard InChI is InChI=1S/C19H17Cl2N5O5S2/c20-14-3-1-13(2-4-14)17(27)9-10-32(28,29)11-18-23-24-19(26(18)22)12-33(30,31)25-16-7-5-15(21)6-8-16/h1-10,25H,11-12,22H2/b10-9+. The van der Waals surface area contributed by atoms with E-state index in [1.807, 2.05) is 0 Å². The lowest BCUT2D eigenvalue weighted by Crippen LogP contribution is -2.23. The number of nitrogens with two attached hydrogens (primary N) is 1. The summed E-state index contributed by atoms with van der Waals surface area (Å²) >= 11 is 11.5. The molecule has 10 nitrogen and oxygen atoms in total. The second kappa shape index (κ2) is 9.91. The summed E-state index contributed by atoms with van der Waals surface area (Å²) in [5.41, 5.74) is 0.536. The van der Waals surface area contributed by atoms with E-state index in [1.165, 1.54) is 48.5 Å². The average molecular weight is 530 g/mol. The van der Waals surface area contributed by atoms with Crippen molar-refractivity contribution in [2.45, 2.75) is 11.5 Å². The number of rotatable bonds is 9. The molecule has 174 valence electrons. The minimum Gasteiger partial charge on any atom is -0.336 e. The fourth-order valence-corrected chi connectivity index (χ4v) is 4.90. The molecule has 3 rings (SSSR count). The summed E-state index contributed by atoms with van der Waals surface area (Å²) in [4.78, 5) is 12.1. The van der Waals surface area contributed by atoms with Gasteiger partial charge in [-0.15, -0.1) is 10.2 Å². The Morgan fingerprint density at radius 1 is 0.909 bits per heavy atom. The van der Waals surface area contributed by atoms with Crippen LogP contribution in [0.4, 0.5) is 5.69 Å². The summed E-state index contributed by atoms with van der Waals surface area (Å²) in [6.45, 7) is 0. The van der Waals surface area contributed by atoms with Crippen molar-refractivity contribution in [3.8, 4) is 0 Å². The van der Waals surface area contributed by atoms with Crippen molar-refractivity contribution in [1.29, 1.82) is 0 Å². The lowest BCUT2D eigenvalue weighted by molar-refractivity contribution is 0.104. The molecule has 3 aromatic rings. The molecule has 3 N–H and O–H groups in total. The van der Waals surface area contributed by atoms with Crippen LogP contribution in [0.1, 0.15) is 22.0 Å². The smallest absolute Gasteiger partial charge is 0.240 e. The van der Waals surface area contributed by atoms with Gasteiger partial charge >= 0.3 is 0 Å². The molecule has 14 heteroatoms. The van der Waals surface area contributed by atoms with E-state index in [2.05, 4.69) is 14.9 Å². The predicted molar refractivity (Wildman–Crippen MR) is 125 cm³/mol.